The van der Waals surface area contributed by atoms with E-state index in [-0.39, 0.29) is 5.91 Å². The van der Waals surface area contributed by atoms with Gasteiger partial charge in [-0.05, 0) is 38.5 Å². The van der Waals surface area contributed by atoms with Gasteiger partial charge in [-0.3, -0.25) is 9.69 Å². The molecule has 1 saturated heterocycles. The first-order chi connectivity index (χ1) is 17.5. The summed E-state index contributed by atoms with van der Waals surface area (Å²) in [6.45, 7) is 9.27. The number of piperazine rings is 1. The van der Waals surface area contributed by atoms with Crippen LogP contribution in [0.3, 0.4) is 0 Å². The molecular formula is C27H29N5O4. The smallest absolute Gasteiger partial charge is 0.257 e. The van der Waals surface area contributed by atoms with Crippen molar-refractivity contribution in [1.82, 2.24) is 25.1 Å². The number of nitrogens with zero attached hydrogens (tertiary/aromatic N) is 5. The lowest BCUT2D eigenvalue weighted by molar-refractivity contribution is 0.0610. The lowest BCUT2D eigenvalue weighted by Crippen LogP contribution is -2.48. The largest absolute Gasteiger partial charge is 0.488 e. The third-order valence-corrected chi connectivity index (χ3v) is 6.54. The van der Waals surface area contributed by atoms with Gasteiger partial charge in [-0.15, -0.1) is 0 Å². The summed E-state index contributed by atoms with van der Waals surface area (Å²) in [6, 6.07) is 15.3. The molecule has 0 atom stereocenters. The SMILES string of the molecule is Cc1ccccc1-c1noc(CN2CCN(C(=O)c3ccccc3OCc3c(C)noc3C)CC2)n1. The molecule has 1 aliphatic rings. The summed E-state index contributed by atoms with van der Waals surface area (Å²) < 4.78 is 16.7. The zero-order valence-electron chi connectivity index (χ0n) is 20.7. The molecule has 0 saturated carbocycles. The number of benzene rings is 2. The molecule has 1 fully saturated rings. The monoisotopic (exact) mass is 487 g/mol. The number of aryl methyl sites for hydroxylation is 3. The van der Waals surface area contributed by atoms with Crippen LogP contribution in [0, 0.1) is 20.8 Å². The number of amides is 1. The van der Waals surface area contributed by atoms with Crippen molar-refractivity contribution in [2.24, 2.45) is 0 Å². The van der Waals surface area contributed by atoms with Crippen molar-refractivity contribution in [3.63, 3.8) is 0 Å². The molecule has 0 spiro atoms. The average Bonchev–Trinajstić information content (AvgIpc) is 3.49. The summed E-state index contributed by atoms with van der Waals surface area (Å²) in [5.41, 5.74) is 4.32. The van der Waals surface area contributed by atoms with E-state index in [1.807, 2.05) is 74.2 Å². The molecule has 5 rings (SSSR count). The Morgan fingerprint density at radius 2 is 1.69 bits per heavy atom. The van der Waals surface area contributed by atoms with E-state index in [1.54, 1.807) is 0 Å². The summed E-state index contributed by atoms with van der Waals surface area (Å²) in [7, 11) is 0. The maximum absolute atomic E-state index is 13.3. The van der Waals surface area contributed by atoms with Gasteiger partial charge in [0.1, 0.15) is 18.1 Å². The number of rotatable bonds is 7. The minimum absolute atomic E-state index is 0.0383. The molecule has 2 aromatic carbocycles. The molecule has 1 aliphatic heterocycles. The van der Waals surface area contributed by atoms with Crippen LogP contribution in [0.5, 0.6) is 5.75 Å². The summed E-state index contributed by atoms with van der Waals surface area (Å²) in [5.74, 6) is 2.42. The Hall–Kier alpha value is -3.98. The van der Waals surface area contributed by atoms with Crippen molar-refractivity contribution in [2.45, 2.75) is 33.9 Å². The lowest BCUT2D eigenvalue weighted by Gasteiger charge is -2.34. The van der Waals surface area contributed by atoms with E-state index in [9.17, 15) is 4.79 Å². The van der Waals surface area contributed by atoms with Gasteiger partial charge in [0.2, 0.25) is 11.7 Å². The molecule has 0 unspecified atom stereocenters. The molecule has 0 radical (unpaired) electrons. The Morgan fingerprint density at radius 1 is 0.944 bits per heavy atom. The van der Waals surface area contributed by atoms with Crippen molar-refractivity contribution in [1.29, 1.82) is 0 Å². The maximum Gasteiger partial charge on any atom is 0.257 e. The van der Waals surface area contributed by atoms with E-state index in [1.165, 1.54) is 0 Å². The van der Waals surface area contributed by atoms with E-state index in [0.29, 0.717) is 49.3 Å². The second kappa shape index (κ2) is 10.3. The van der Waals surface area contributed by atoms with Crippen LogP contribution in [0.4, 0.5) is 0 Å². The van der Waals surface area contributed by atoms with Crippen molar-refractivity contribution >= 4 is 5.91 Å². The van der Waals surface area contributed by atoms with Gasteiger partial charge in [0.25, 0.3) is 5.91 Å². The van der Waals surface area contributed by atoms with E-state index in [2.05, 4.69) is 20.2 Å². The van der Waals surface area contributed by atoms with Crippen LogP contribution in [0.25, 0.3) is 11.4 Å². The quantitative estimate of drug-likeness (QED) is 0.383. The van der Waals surface area contributed by atoms with Gasteiger partial charge in [-0.25, -0.2) is 0 Å². The van der Waals surface area contributed by atoms with Gasteiger partial charge >= 0.3 is 0 Å². The van der Waals surface area contributed by atoms with Gasteiger partial charge < -0.3 is 18.7 Å². The molecule has 0 bridgehead atoms. The highest BCUT2D eigenvalue weighted by molar-refractivity contribution is 5.97. The Bertz CT molecular complexity index is 1330. The molecule has 2 aromatic heterocycles. The Labute approximate surface area is 209 Å². The van der Waals surface area contributed by atoms with Crippen LogP contribution < -0.4 is 4.74 Å². The Balaban J connectivity index is 1.18. The first kappa shape index (κ1) is 23.7. The standard InChI is InChI=1S/C27H29N5O4/c1-18-8-4-5-9-21(18)26-28-25(36-30-26)16-31-12-14-32(15-13-31)27(33)22-10-6-7-11-24(22)34-17-23-19(2)29-35-20(23)3/h4-11H,12-17H2,1-3H3. The fraction of sp³-hybridized carbons (Fsp3) is 0.333. The van der Waals surface area contributed by atoms with Crippen molar-refractivity contribution < 1.29 is 18.6 Å². The normalized spacial score (nSPS) is 14.2. The average molecular weight is 488 g/mol. The van der Waals surface area contributed by atoms with Gasteiger partial charge in [-0.1, -0.05) is 46.7 Å². The Morgan fingerprint density at radius 3 is 2.44 bits per heavy atom. The summed E-state index contributed by atoms with van der Waals surface area (Å²) >= 11 is 0. The molecule has 1 amide bonds. The number of hydrogen-bond acceptors (Lipinski definition) is 8. The molecule has 9 heteroatoms. The number of para-hydroxylation sites is 1. The number of carbonyl (C=O) groups excluding carboxylic acids is 1. The van der Waals surface area contributed by atoms with Gasteiger partial charge in [0.05, 0.1) is 23.4 Å². The van der Waals surface area contributed by atoms with Gasteiger partial charge in [0, 0.05) is 31.7 Å². The predicted octanol–water partition coefficient (Wildman–Crippen LogP) is 4.19. The lowest BCUT2D eigenvalue weighted by atomic mass is 10.1. The summed E-state index contributed by atoms with van der Waals surface area (Å²) in [4.78, 5) is 22.0. The molecule has 0 N–H and O–H groups in total. The second-order valence-electron chi connectivity index (χ2n) is 8.98. The predicted molar refractivity (Wildman–Crippen MR) is 132 cm³/mol. The molecule has 4 aromatic rings. The van der Waals surface area contributed by atoms with Crippen molar-refractivity contribution in [2.75, 3.05) is 26.2 Å². The van der Waals surface area contributed by atoms with Crippen molar-refractivity contribution in [3.05, 3.63) is 82.6 Å². The van der Waals surface area contributed by atoms with E-state index in [0.717, 1.165) is 41.2 Å². The summed E-state index contributed by atoms with van der Waals surface area (Å²) in [5, 5.41) is 8.12. The Kier molecular flexibility index (Phi) is 6.81. The first-order valence-corrected chi connectivity index (χ1v) is 12.0. The van der Waals surface area contributed by atoms with Crippen LogP contribution in [-0.2, 0) is 13.2 Å². The van der Waals surface area contributed by atoms with Crippen LogP contribution >= 0.6 is 0 Å². The highest BCUT2D eigenvalue weighted by atomic mass is 16.5. The second-order valence-corrected chi connectivity index (χ2v) is 8.98. The molecule has 186 valence electrons. The van der Waals surface area contributed by atoms with E-state index >= 15 is 0 Å². The van der Waals surface area contributed by atoms with Gasteiger partial charge in [-0.2, -0.15) is 4.98 Å². The minimum Gasteiger partial charge on any atom is -0.488 e. The van der Waals surface area contributed by atoms with Crippen LogP contribution in [0.2, 0.25) is 0 Å². The highest BCUT2D eigenvalue weighted by Gasteiger charge is 2.25. The number of ether oxygens (including phenoxy) is 1. The molecule has 36 heavy (non-hydrogen) atoms. The molecule has 0 aliphatic carbocycles. The number of carbonyl (C=O) groups is 1. The minimum atomic E-state index is -0.0383. The number of hydrogen-bond donors (Lipinski definition) is 0. The highest BCUT2D eigenvalue weighted by Crippen LogP contribution is 2.24. The van der Waals surface area contributed by atoms with Gasteiger partial charge in [0.15, 0.2) is 0 Å². The van der Waals surface area contributed by atoms with Crippen molar-refractivity contribution in [3.8, 4) is 17.1 Å². The first-order valence-electron chi connectivity index (χ1n) is 12.0. The maximum atomic E-state index is 13.3. The fourth-order valence-electron chi connectivity index (χ4n) is 4.35. The summed E-state index contributed by atoms with van der Waals surface area (Å²) in [6.07, 6.45) is 0. The third kappa shape index (κ3) is 5.01. The molecular weight excluding hydrogens is 458 g/mol. The number of aromatic nitrogens is 3. The third-order valence-electron chi connectivity index (χ3n) is 6.54. The van der Waals surface area contributed by atoms with E-state index < -0.39 is 0 Å². The van der Waals surface area contributed by atoms with Crippen LogP contribution in [-0.4, -0.2) is 57.2 Å². The fourth-order valence-corrected chi connectivity index (χ4v) is 4.35. The van der Waals surface area contributed by atoms with Crippen LogP contribution in [0.15, 0.2) is 57.6 Å². The molecule has 9 nitrogen and oxygen atoms in total. The zero-order chi connectivity index (χ0) is 25.1. The van der Waals surface area contributed by atoms with E-state index in [4.69, 9.17) is 13.8 Å². The molecule has 3 heterocycles. The van der Waals surface area contributed by atoms with Crippen LogP contribution in [0.1, 0.15) is 38.8 Å². The zero-order valence-corrected chi connectivity index (χ0v) is 20.7. The topological polar surface area (TPSA) is 97.7 Å².